The minimum absolute atomic E-state index is 0.0694. The maximum Gasteiger partial charge on any atom is 0.256 e. The molecule has 1 heterocycles. The number of benzene rings is 2. The van der Waals surface area contributed by atoms with Gasteiger partial charge >= 0.3 is 0 Å². The van der Waals surface area contributed by atoms with Crippen LogP contribution in [0.1, 0.15) is 17.3 Å². The van der Waals surface area contributed by atoms with Gasteiger partial charge in [0.15, 0.2) is 5.82 Å². The number of aliphatic imine (C=N–C) groups is 1. The molecule has 35 heavy (non-hydrogen) atoms. The van der Waals surface area contributed by atoms with Crippen LogP contribution in [-0.4, -0.2) is 79.7 Å². The fraction of sp³-hybridized carbons (Fsp3) is 0.320. The highest BCUT2D eigenvalue weighted by Gasteiger charge is 2.33. The predicted molar refractivity (Wildman–Crippen MR) is 132 cm³/mol. The van der Waals surface area contributed by atoms with Crippen LogP contribution in [0.3, 0.4) is 0 Å². The smallest absolute Gasteiger partial charge is 0.256 e. The van der Waals surface area contributed by atoms with E-state index in [2.05, 4.69) is 11.6 Å². The third kappa shape index (κ3) is 5.30. The summed E-state index contributed by atoms with van der Waals surface area (Å²) >= 11 is 6.45. The number of carbonyl (C=O) groups is 2. The molecule has 0 unspecified atom stereocenters. The summed E-state index contributed by atoms with van der Waals surface area (Å²) < 4.78 is 36.0. The Labute approximate surface area is 208 Å². The van der Waals surface area contributed by atoms with Crippen molar-refractivity contribution < 1.29 is 23.1 Å². The number of rotatable bonds is 6. The largest absolute Gasteiger partial charge is 0.496 e. The number of amides is 2. The highest BCUT2D eigenvalue weighted by atomic mass is 35.5. The van der Waals surface area contributed by atoms with Crippen molar-refractivity contribution in [1.82, 2.24) is 14.7 Å². The van der Waals surface area contributed by atoms with E-state index in [1.54, 1.807) is 30.8 Å². The average Bonchev–Trinajstić information content (AvgIpc) is 2.82. The maximum atomic E-state index is 16.0. The van der Waals surface area contributed by atoms with Crippen LogP contribution < -0.4 is 4.74 Å². The zero-order chi connectivity index (χ0) is 25.9. The number of methoxy groups -OCH3 is 1. The van der Waals surface area contributed by atoms with Gasteiger partial charge in [0.25, 0.3) is 5.91 Å². The Balaban J connectivity index is 2.14. The molecule has 1 saturated heterocycles. The van der Waals surface area contributed by atoms with E-state index in [0.717, 1.165) is 0 Å². The molecule has 0 saturated carbocycles. The minimum atomic E-state index is -0.949. The Morgan fingerprint density at radius 3 is 2.57 bits per heavy atom. The maximum absolute atomic E-state index is 16.0. The number of carbonyl (C=O) groups excluding carboxylic acids is 2. The number of piperazine rings is 1. The third-order valence-electron chi connectivity index (χ3n) is 5.66. The van der Waals surface area contributed by atoms with E-state index in [-0.39, 0.29) is 51.6 Å². The van der Waals surface area contributed by atoms with Crippen molar-refractivity contribution in [2.45, 2.75) is 13.0 Å². The van der Waals surface area contributed by atoms with Crippen LogP contribution in [0, 0.1) is 11.6 Å². The molecule has 2 amide bonds. The molecule has 1 fully saturated rings. The second-order valence-corrected chi connectivity index (χ2v) is 8.71. The Morgan fingerprint density at radius 2 is 1.97 bits per heavy atom. The number of hydrogen-bond donors (Lipinski definition) is 0. The lowest BCUT2D eigenvalue weighted by Gasteiger charge is -2.39. The molecule has 1 atom stereocenters. The molecule has 0 aliphatic carbocycles. The molecule has 0 bridgehead atoms. The lowest BCUT2D eigenvalue weighted by Crippen LogP contribution is -2.55. The summed E-state index contributed by atoms with van der Waals surface area (Å²) in [6.45, 7) is 6.13. The van der Waals surface area contributed by atoms with E-state index < -0.39 is 17.5 Å². The first kappa shape index (κ1) is 26.2. The monoisotopic (exact) mass is 504 g/mol. The molecule has 186 valence electrons. The Morgan fingerprint density at radius 1 is 1.26 bits per heavy atom. The van der Waals surface area contributed by atoms with Crippen molar-refractivity contribution in [3.05, 3.63) is 59.1 Å². The fourth-order valence-corrected chi connectivity index (χ4v) is 4.25. The SMILES string of the molecule is C=CC(=O)N1CCN(C(=O)c2cc(Cl)c(-c3c(F)cccc3OC)c(F)c2/N=C/N(C)C)[C@@H](C)C1. The molecule has 7 nitrogen and oxygen atoms in total. The van der Waals surface area contributed by atoms with Crippen molar-refractivity contribution in [3.63, 3.8) is 0 Å². The Bertz CT molecular complexity index is 1190. The molecule has 10 heteroatoms. The zero-order valence-corrected chi connectivity index (χ0v) is 20.8. The van der Waals surface area contributed by atoms with Gasteiger partial charge in [-0.2, -0.15) is 0 Å². The van der Waals surface area contributed by atoms with Crippen molar-refractivity contribution in [2.75, 3.05) is 40.8 Å². The first-order valence-corrected chi connectivity index (χ1v) is 11.3. The van der Waals surface area contributed by atoms with Crippen molar-refractivity contribution in [2.24, 2.45) is 4.99 Å². The standard InChI is InChI=1S/C25H27ClF2N4O3/c1-6-20(33)31-10-11-32(15(2)13-31)25(34)16-12-17(26)21(23(28)24(16)29-14-30(3)4)22-18(27)8-7-9-19(22)35-5/h6-9,12,14-15H,1,10-11,13H2,2-5H3/b29-14+/t15-/m0/s1. The van der Waals surface area contributed by atoms with Crippen LogP contribution in [-0.2, 0) is 4.79 Å². The van der Waals surface area contributed by atoms with Crippen LogP contribution in [0.15, 0.2) is 41.9 Å². The predicted octanol–water partition coefficient (Wildman–Crippen LogP) is 4.37. The van der Waals surface area contributed by atoms with Gasteiger partial charge in [-0.15, -0.1) is 0 Å². The second kappa shape index (κ2) is 10.9. The van der Waals surface area contributed by atoms with Gasteiger partial charge < -0.3 is 19.4 Å². The van der Waals surface area contributed by atoms with Gasteiger partial charge in [-0.3, -0.25) is 9.59 Å². The molecular weight excluding hydrogens is 478 g/mol. The first-order chi connectivity index (χ1) is 16.6. The van der Waals surface area contributed by atoms with Gasteiger partial charge in [0.05, 0.1) is 29.6 Å². The molecule has 2 aromatic rings. The van der Waals surface area contributed by atoms with Crippen LogP contribution >= 0.6 is 11.6 Å². The van der Waals surface area contributed by atoms with E-state index in [4.69, 9.17) is 16.3 Å². The highest BCUT2D eigenvalue weighted by molar-refractivity contribution is 6.34. The quantitative estimate of drug-likeness (QED) is 0.333. The number of hydrogen-bond acceptors (Lipinski definition) is 4. The van der Waals surface area contributed by atoms with Crippen LogP contribution in [0.2, 0.25) is 5.02 Å². The summed E-state index contributed by atoms with van der Waals surface area (Å²) in [7, 11) is 4.72. The van der Waals surface area contributed by atoms with Gasteiger partial charge in [0, 0.05) is 45.3 Å². The molecule has 0 radical (unpaired) electrons. The van der Waals surface area contributed by atoms with E-state index in [1.807, 2.05) is 0 Å². The highest BCUT2D eigenvalue weighted by Crippen LogP contribution is 2.43. The molecular formula is C25H27ClF2N4O3. The molecule has 2 aromatic carbocycles. The molecule has 0 N–H and O–H groups in total. The van der Waals surface area contributed by atoms with Gasteiger partial charge in [-0.1, -0.05) is 24.2 Å². The Kier molecular flexibility index (Phi) is 8.11. The minimum Gasteiger partial charge on any atom is -0.496 e. The second-order valence-electron chi connectivity index (χ2n) is 8.30. The lowest BCUT2D eigenvalue weighted by atomic mass is 9.98. The molecule has 1 aliphatic rings. The topological polar surface area (TPSA) is 65.5 Å². The fourth-order valence-electron chi connectivity index (χ4n) is 3.96. The summed E-state index contributed by atoms with van der Waals surface area (Å²) in [5.74, 6) is -2.32. The molecule has 0 spiro atoms. The third-order valence-corrected chi connectivity index (χ3v) is 5.96. The average molecular weight is 505 g/mol. The normalized spacial score (nSPS) is 15.9. The van der Waals surface area contributed by atoms with E-state index in [1.165, 1.54) is 48.7 Å². The van der Waals surface area contributed by atoms with Crippen molar-refractivity contribution >= 4 is 35.4 Å². The van der Waals surface area contributed by atoms with Crippen LogP contribution in [0.4, 0.5) is 14.5 Å². The van der Waals surface area contributed by atoms with Gasteiger partial charge in [-0.25, -0.2) is 13.8 Å². The molecule has 1 aliphatic heterocycles. The van der Waals surface area contributed by atoms with Crippen LogP contribution in [0.25, 0.3) is 11.1 Å². The summed E-state index contributed by atoms with van der Waals surface area (Å²) in [5, 5.41) is -0.161. The summed E-state index contributed by atoms with van der Waals surface area (Å²) in [4.78, 5) is 34.4. The summed E-state index contributed by atoms with van der Waals surface area (Å²) in [6.07, 6.45) is 2.57. The van der Waals surface area contributed by atoms with Gasteiger partial charge in [-0.05, 0) is 31.2 Å². The number of nitrogens with zero attached hydrogens (tertiary/aromatic N) is 4. The van der Waals surface area contributed by atoms with E-state index >= 15 is 4.39 Å². The van der Waals surface area contributed by atoms with Gasteiger partial charge in [0.1, 0.15) is 17.3 Å². The zero-order valence-electron chi connectivity index (χ0n) is 20.0. The summed E-state index contributed by atoms with van der Waals surface area (Å²) in [5.41, 5.74) is -0.758. The number of halogens is 3. The lowest BCUT2D eigenvalue weighted by molar-refractivity contribution is -0.128. The van der Waals surface area contributed by atoms with Gasteiger partial charge in [0.2, 0.25) is 5.91 Å². The Hall–Kier alpha value is -3.46. The van der Waals surface area contributed by atoms with E-state index in [9.17, 15) is 14.0 Å². The summed E-state index contributed by atoms with van der Waals surface area (Å²) in [6, 6.07) is 5.04. The van der Waals surface area contributed by atoms with E-state index in [0.29, 0.717) is 13.1 Å². The van der Waals surface area contributed by atoms with Crippen LogP contribution in [0.5, 0.6) is 5.75 Å². The molecule has 3 rings (SSSR count). The van der Waals surface area contributed by atoms with Crippen molar-refractivity contribution in [3.8, 4) is 16.9 Å². The molecule has 0 aromatic heterocycles. The number of ether oxygens (including phenoxy) is 1. The first-order valence-electron chi connectivity index (χ1n) is 10.9. The van der Waals surface area contributed by atoms with Crippen molar-refractivity contribution in [1.29, 1.82) is 0 Å².